The van der Waals surface area contributed by atoms with Gasteiger partial charge in [0.25, 0.3) is 0 Å². The molecule has 0 aliphatic carbocycles. The number of aromatic nitrogens is 2. The molecule has 138 valence electrons. The molecule has 1 heterocycles. The lowest BCUT2D eigenvalue weighted by Crippen LogP contribution is -2.27. The van der Waals surface area contributed by atoms with Gasteiger partial charge in [0, 0.05) is 5.39 Å². The molecular weight excluding hydrogens is 457 g/mol. The van der Waals surface area contributed by atoms with Crippen LogP contribution in [0.15, 0.2) is 42.5 Å². The summed E-state index contributed by atoms with van der Waals surface area (Å²) in [4.78, 5) is 12.4. The zero-order valence-electron chi connectivity index (χ0n) is 15.2. The number of fused-ring (bicyclic) bond motifs is 1. The maximum Gasteiger partial charge on any atom is 0.435 e. The standard InChI is InChI=1S/C20H18IN3O3/c1-20(2,3)27-19(25)24-16-9-14(11-22)17(10-15(16)18(21)23-24)26-12-13-7-5-4-6-8-13/h4-10H,12H2,1-3H3. The summed E-state index contributed by atoms with van der Waals surface area (Å²) < 4.78 is 13.1. The summed E-state index contributed by atoms with van der Waals surface area (Å²) in [5, 5.41) is 14.5. The second-order valence-corrected chi connectivity index (χ2v) is 7.96. The van der Waals surface area contributed by atoms with Crippen LogP contribution >= 0.6 is 22.6 Å². The van der Waals surface area contributed by atoms with Gasteiger partial charge in [-0.05, 0) is 61.1 Å². The Labute approximate surface area is 170 Å². The molecular formula is C20H18IN3O3. The fraction of sp³-hybridized carbons (Fsp3) is 0.250. The van der Waals surface area contributed by atoms with Crippen LogP contribution in [0.2, 0.25) is 0 Å². The van der Waals surface area contributed by atoms with Crippen LogP contribution in [0.1, 0.15) is 31.9 Å². The van der Waals surface area contributed by atoms with Crippen LogP contribution in [-0.4, -0.2) is 21.5 Å². The third-order valence-electron chi connectivity index (χ3n) is 3.66. The highest BCUT2D eigenvalue weighted by Crippen LogP contribution is 2.30. The first-order valence-electron chi connectivity index (χ1n) is 8.31. The molecule has 0 saturated carbocycles. The van der Waals surface area contributed by atoms with Crippen molar-refractivity contribution in [3.8, 4) is 11.8 Å². The molecule has 7 heteroatoms. The highest BCUT2D eigenvalue weighted by atomic mass is 127. The van der Waals surface area contributed by atoms with E-state index in [1.54, 1.807) is 32.9 Å². The maximum absolute atomic E-state index is 12.4. The van der Waals surface area contributed by atoms with E-state index in [0.29, 0.717) is 27.1 Å². The molecule has 0 bridgehead atoms. The van der Waals surface area contributed by atoms with Crippen molar-refractivity contribution in [3.05, 3.63) is 57.3 Å². The molecule has 0 atom stereocenters. The number of benzene rings is 2. The Morgan fingerprint density at radius 3 is 2.59 bits per heavy atom. The van der Waals surface area contributed by atoms with Gasteiger partial charge in [-0.3, -0.25) is 0 Å². The second kappa shape index (κ2) is 7.56. The minimum absolute atomic E-state index is 0.333. The number of carbonyl (C=O) groups excluding carboxylic acids is 1. The van der Waals surface area contributed by atoms with Gasteiger partial charge >= 0.3 is 6.09 Å². The molecule has 0 aliphatic rings. The summed E-state index contributed by atoms with van der Waals surface area (Å²) in [7, 11) is 0. The van der Waals surface area contributed by atoms with E-state index in [1.807, 2.05) is 30.3 Å². The first kappa shape index (κ1) is 19.2. The minimum Gasteiger partial charge on any atom is -0.487 e. The minimum atomic E-state index is -0.641. The van der Waals surface area contributed by atoms with Crippen LogP contribution < -0.4 is 4.74 Å². The van der Waals surface area contributed by atoms with Gasteiger partial charge in [0.15, 0.2) is 0 Å². The quantitative estimate of drug-likeness (QED) is 0.505. The Hall–Kier alpha value is -2.60. The summed E-state index contributed by atoms with van der Waals surface area (Å²) in [6.45, 7) is 5.71. The predicted octanol–water partition coefficient (Wildman–Crippen LogP) is 4.87. The van der Waals surface area contributed by atoms with Crippen LogP contribution in [0.25, 0.3) is 10.9 Å². The summed E-state index contributed by atoms with van der Waals surface area (Å²) in [6, 6.07) is 15.2. The van der Waals surface area contributed by atoms with Crippen LogP contribution in [0.5, 0.6) is 5.75 Å². The lowest BCUT2D eigenvalue weighted by Gasteiger charge is -2.19. The van der Waals surface area contributed by atoms with Gasteiger partial charge in [-0.1, -0.05) is 30.3 Å². The van der Waals surface area contributed by atoms with E-state index in [0.717, 1.165) is 10.9 Å². The fourth-order valence-electron chi connectivity index (χ4n) is 2.49. The number of rotatable bonds is 3. The van der Waals surface area contributed by atoms with E-state index in [-0.39, 0.29) is 0 Å². The lowest BCUT2D eigenvalue weighted by atomic mass is 10.1. The van der Waals surface area contributed by atoms with E-state index in [9.17, 15) is 10.1 Å². The number of nitriles is 1. The number of ether oxygens (including phenoxy) is 2. The van der Waals surface area contributed by atoms with Crippen LogP contribution in [0.4, 0.5) is 4.79 Å². The number of carbonyl (C=O) groups is 1. The molecule has 0 aliphatic heterocycles. The predicted molar refractivity (Wildman–Crippen MR) is 110 cm³/mol. The van der Waals surface area contributed by atoms with Gasteiger partial charge in [-0.25, -0.2) is 4.79 Å². The SMILES string of the molecule is CC(C)(C)OC(=O)n1nc(I)c2cc(OCc3ccccc3)c(C#N)cc21. The first-order valence-corrected chi connectivity index (χ1v) is 9.39. The summed E-state index contributed by atoms with van der Waals surface area (Å²) in [5.41, 5.74) is 1.20. The van der Waals surface area contributed by atoms with E-state index >= 15 is 0 Å². The van der Waals surface area contributed by atoms with Crippen LogP contribution in [0.3, 0.4) is 0 Å². The smallest absolute Gasteiger partial charge is 0.435 e. The molecule has 0 spiro atoms. The molecule has 1 aromatic heterocycles. The zero-order chi connectivity index (χ0) is 19.6. The van der Waals surface area contributed by atoms with Gasteiger partial charge in [0.2, 0.25) is 0 Å². The molecule has 0 N–H and O–H groups in total. The third-order valence-corrected chi connectivity index (χ3v) is 4.46. The highest BCUT2D eigenvalue weighted by molar-refractivity contribution is 14.1. The number of nitrogens with zero attached hydrogens (tertiary/aromatic N) is 3. The Kier molecular flexibility index (Phi) is 5.37. The van der Waals surface area contributed by atoms with Gasteiger partial charge in [0.1, 0.15) is 27.7 Å². The largest absolute Gasteiger partial charge is 0.487 e. The highest BCUT2D eigenvalue weighted by Gasteiger charge is 2.23. The summed E-state index contributed by atoms with van der Waals surface area (Å²) >= 11 is 2.05. The van der Waals surface area contributed by atoms with Crippen molar-refractivity contribution in [3.63, 3.8) is 0 Å². The monoisotopic (exact) mass is 475 g/mol. The van der Waals surface area contributed by atoms with Crippen molar-refractivity contribution >= 4 is 39.6 Å². The molecule has 3 rings (SSSR count). The lowest BCUT2D eigenvalue weighted by molar-refractivity contribution is 0.0522. The molecule has 0 unspecified atom stereocenters. The Morgan fingerprint density at radius 1 is 1.26 bits per heavy atom. The topological polar surface area (TPSA) is 77.1 Å². The summed E-state index contributed by atoms with van der Waals surface area (Å²) in [6.07, 6.45) is -0.586. The van der Waals surface area contributed by atoms with Crippen molar-refractivity contribution in [1.82, 2.24) is 9.78 Å². The Balaban J connectivity index is 1.97. The summed E-state index contributed by atoms with van der Waals surface area (Å²) in [5.74, 6) is 0.454. The van der Waals surface area contributed by atoms with Crippen molar-refractivity contribution in [1.29, 1.82) is 5.26 Å². The van der Waals surface area contributed by atoms with Crippen LogP contribution in [-0.2, 0) is 11.3 Å². The van der Waals surface area contributed by atoms with Crippen molar-refractivity contribution in [2.24, 2.45) is 0 Å². The Morgan fingerprint density at radius 2 is 1.96 bits per heavy atom. The van der Waals surface area contributed by atoms with E-state index in [2.05, 4.69) is 33.8 Å². The molecule has 0 saturated heterocycles. The number of halogens is 1. The molecule has 27 heavy (non-hydrogen) atoms. The normalized spacial score (nSPS) is 11.2. The average molecular weight is 475 g/mol. The third kappa shape index (κ3) is 4.39. The van der Waals surface area contributed by atoms with E-state index < -0.39 is 11.7 Å². The van der Waals surface area contributed by atoms with Gasteiger partial charge in [-0.15, -0.1) is 0 Å². The van der Waals surface area contributed by atoms with Crippen LogP contribution in [0, 0.1) is 15.0 Å². The Bertz CT molecular complexity index is 1030. The number of hydrogen-bond donors (Lipinski definition) is 0. The van der Waals surface area contributed by atoms with Gasteiger partial charge < -0.3 is 9.47 Å². The molecule has 6 nitrogen and oxygen atoms in total. The molecule has 0 fully saturated rings. The maximum atomic E-state index is 12.4. The van der Waals surface area contributed by atoms with Crippen molar-refractivity contribution in [2.45, 2.75) is 33.0 Å². The van der Waals surface area contributed by atoms with E-state index in [4.69, 9.17) is 9.47 Å². The molecule has 0 amide bonds. The zero-order valence-corrected chi connectivity index (χ0v) is 17.4. The second-order valence-electron chi connectivity index (χ2n) is 6.93. The van der Waals surface area contributed by atoms with Gasteiger partial charge in [0.05, 0.1) is 11.1 Å². The van der Waals surface area contributed by atoms with Crippen molar-refractivity contribution in [2.75, 3.05) is 0 Å². The van der Waals surface area contributed by atoms with E-state index in [1.165, 1.54) is 4.68 Å². The molecule has 3 aromatic rings. The van der Waals surface area contributed by atoms with Gasteiger partial charge in [-0.2, -0.15) is 15.0 Å². The average Bonchev–Trinajstić information content (AvgIpc) is 2.94. The van der Waals surface area contributed by atoms with Crippen molar-refractivity contribution < 1.29 is 14.3 Å². The molecule has 2 aromatic carbocycles. The first-order chi connectivity index (χ1) is 12.8. The number of hydrogen-bond acceptors (Lipinski definition) is 5. The fourth-order valence-corrected chi connectivity index (χ4v) is 3.14. The molecule has 0 radical (unpaired) electrons.